The molecule has 0 amide bonds. The van der Waals surface area contributed by atoms with E-state index in [-0.39, 0.29) is 0 Å². The summed E-state index contributed by atoms with van der Waals surface area (Å²) in [5, 5.41) is 1.64. The molecule has 1 saturated carbocycles. The second-order valence-corrected chi connectivity index (χ2v) is 6.81. The lowest BCUT2D eigenvalue weighted by molar-refractivity contribution is 0.588. The number of sulfonamides is 1. The molecule has 2 aromatic carbocycles. The molecule has 0 bridgehead atoms. The summed E-state index contributed by atoms with van der Waals surface area (Å²) in [7, 11) is -3.45. The van der Waals surface area contributed by atoms with Crippen molar-refractivity contribution in [3.05, 3.63) is 46.9 Å². The maximum absolute atomic E-state index is 12.3. The predicted octanol–water partition coefficient (Wildman–Crippen LogP) is 3.21. The van der Waals surface area contributed by atoms with Gasteiger partial charge in [0, 0.05) is 9.86 Å². The molecule has 1 fully saturated rings. The van der Waals surface area contributed by atoms with Gasteiger partial charge in [0.05, 0.1) is 10.9 Å². The monoisotopic (exact) mass is 324 g/mol. The van der Waals surface area contributed by atoms with Gasteiger partial charge < -0.3 is 0 Å². The Morgan fingerprint density at radius 2 is 1.67 bits per heavy atom. The SMILES string of the molecule is O=S(=O)(N[C]1CC1)c1ccc(Br)c2ccccc12. The Morgan fingerprint density at radius 1 is 1.00 bits per heavy atom. The molecule has 18 heavy (non-hydrogen) atoms. The fourth-order valence-electron chi connectivity index (χ4n) is 1.88. The van der Waals surface area contributed by atoms with Gasteiger partial charge in [0.2, 0.25) is 10.0 Å². The van der Waals surface area contributed by atoms with Crippen molar-refractivity contribution in [2.75, 3.05) is 0 Å². The first-order chi connectivity index (χ1) is 8.58. The minimum absolute atomic E-state index is 0.334. The van der Waals surface area contributed by atoms with Gasteiger partial charge in [-0.25, -0.2) is 13.1 Å². The number of nitrogens with one attached hydrogen (secondary N) is 1. The molecule has 1 aliphatic carbocycles. The molecule has 0 atom stereocenters. The highest BCUT2D eigenvalue weighted by Crippen LogP contribution is 2.33. The summed E-state index contributed by atoms with van der Waals surface area (Å²) in [6.45, 7) is 0. The molecule has 5 heteroatoms. The summed E-state index contributed by atoms with van der Waals surface area (Å²) >= 11 is 3.44. The van der Waals surface area contributed by atoms with E-state index >= 15 is 0 Å². The van der Waals surface area contributed by atoms with E-state index < -0.39 is 10.0 Å². The quantitative estimate of drug-likeness (QED) is 0.942. The van der Waals surface area contributed by atoms with Crippen molar-refractivity contribution >= 4 is 36.7 Å². The van der Waals surface area contributed by atoms with Crippen molar-refractivity contribution in [3.63, 3.8) is 0 Å². The van der Waals surface area contributed by atoms with Gasteiger partial charge in [-0.3, -0.25) is 0 Å². The van der Waals surface area contributed by atoms with Gasteiger partial charge in [0.15, 0.2) is 0 Å². The number of fused-ring (bicyclic) bond motifs is 1. The van der Waals surface area contributed by atoms with Gasteiger partial charge in [-0.2, -0.15) is 0 Å². The molecule has 0 unspecified atom stereocenters. The Bertz CT molecular complexity index is 708. The molecule has 1 aliphatic rings. The van der Waals surface area contributed by atoms with Crippen LogP contribution in [0, 0.1) is 6.04 Å². The molecule has 1 N–H and O–H groups in total. The van der Waals surface area contributed by atoms with Crippen LogP contribution in [0.4, 0.5) is 0 Å². The summed E-state index contributed by atoms with van der Waals surface area (Å²) in [4.78, 5) is 0.334. The molecular formula is C13H11BrNO2S. The van der Waals surface area contributed by atoms with Gasteiger partial charge >= 0.3 is 0 Å². The zero-order valence-corrected chi connectivity index (χ0v) is 11.9. The second kappa shape index (κ2) is 4.33. The van der Waals surface area contributed by atoms with Crippen LogP contribution in [0.3, 0.4) is 0 Å². The third kappa shape index (κ3) is 2.18. The molecule has 1 radical (unpaired) electrons. The Balaban J connectivity index is 2.20. The fourth-order valence-corrected chi connectivity index (χ4v) is 3.77. The van der Waals surface area contributed by atoms with Crippen LogP contribution < -0.4 is 4.72 Å². The number of hydrogen-bond acceptors (Lipinski definition) is 2. The molecule has 0 heterocycles. The highest BCUT2D eigenvalue weighted by atomic mass is 79.9. The average Bonchev–Trinajstić information content (AvgIpc) is 3.12. The lowest BCUT2D eigenvalue weighted by atomic mass is 10.1. The highest BCUT2D eigenvalue weighted by Gasteiger charge is 2.29. The number of hydrogen-bond donors (Lipinski definition) is 1. The Morgan fingerprint density at radius 3 is 2.33 bits per heavy atom. The van der Waals surface area contributed by atoms with E-state index in [9.17, 15) is 8.42 Å². The largest absolute Gasteiger partial charge is 0.241 e. The molecule has 0 aliphatic heterocycles. The molecule has 2 aromatic rings. The topological polar surface area (TPSA) is 46.2 Å². The van der Waals surface area contributed by atoms with E-state index in [0.29, 0.717) is 4.90 Å². The van der Waals surface area contributed by atoms with Crippen LogP contribution in [0.15, 0.2) is 45.8 Å². The Kier molecular flexibility index (Phi) is 2.92. The number of benzene rings is 2. The van der Waals surface area contributed by atoms with Crippen molar-refractivity contribution in [1.82, 2.24) is 4.72 Å². The molecule has 3 rings (SSSR count). The molecular weight excluding hydrogens is 314 g/mol. The first kappa shape index (κ1) is 12.1. The van der Waals surface area contributed by atoms with Crippen LogP contribution in [-0.2, 0) is 10.0 Å². The maximum Gasteiger partial charge on any atom is 0.241 e. The lowest BCUT2D eigenvalue weighted by Crippen LogP contribution is -2.21. The molecule has 93 valence electrons. The van der Waals surface area contributed by atoms with Gasteiger partial charge in [0.1, 0.15) is 0 Å². The van der Waals surface area contributed by atoms with Gasteiger partial charge in [-0.05, 0) is 30.4 Å². The standard InChI is InChI=1S/C13H11BrNO2S/c14-12-7-8-13(11-4-2-1-3-10(11)12)18(16,17)15-9-5-6-9/h1-4,7-8,15H,5-6H2. The average molecular weight is 325 g/mol. The van der Waals surface area contributed by atoms with Gasteiger partial charge in [0.25, 0.3) is 0 Å². The summed E-state index contributed by atoms with van der Waals surface area (Å²) < 4.78 is 28.1. The van der Waals surface area contributed by atoms with Crippen molar-refractivity contribution in [2.45, 2.75) is 17.7 Å². The van der Waals surface area contributed by atoms with Crippen LogP contribution in [-0.4, -0.2) is 8.42 Å². The molecule has 0 spiro atoms. The normalized spacial score (nSPS) is 16.1. The van der Waals surface area contributed by atoms with Crippen molar-refractivity contribution < 1.29 is 8.42 Å². The van der Waals surface area contributed by atoms with E-state index in [2.05, 4.69) is 20.7 Å². The van der Waals surface area contributed by atoms with E-state index in [4.69, 9.17) is 0 Å². The third-order valence-electron chi connectivity index (χ3n) is 2.90. The lowest BCUT2D eigenvalue weighted by Gasteiger charge is -2.09. The summed E-state index contributed by atoms with van der Waals surface area (Å²) in [6.07, 6.45) is 1.71. The molecule has 3 nitrogen and oxygen atoms in total. The van der Waals surface area contributed by atoms with Gasteiger partial charge in [-0.1, -0.05) is 40.2 Å². The summed E-state index contributed by atoms with van der Waals surface area (Å²) in [5.41, 5.74) is 0. The van der Waals surface area contributed by atoms with E-state index in [1.165, 1.54) is 0 Å². The fraction of sp³-hybridized carbons (Fsp3) is 0.154. The zero-order chi connectivity index (χ0) is 12.8. The van der Waals surface area contributed by atoms with E-state index in [1.807, 2.05) is 24.3 Å². The van der Waals surface area contributed by atoms with Crippen molar-refractivity contribution in [3.8, 4) is 0 Å². The molecule has 0 aromatic heterocycles. The zero-order valence-electron chi connectivity index (χ0n) is 9.48. The summed E-state index contributed by atoms with van der Waals surface area (Å²) in [6, 6.07) is 11.8. The first-order valence-electron chi connectivity index (χ1n) is 5.63. The van der Waals surface area contributed by atoms with E-state index in [1.54, 1.807) is 12.1 Å². The number of halogens is 1. The van der Waals surface area contributed by atoms with Crippen LogP contribution >= 0.6 is 15.9 Å². The van der Waals surface area contributed by atoms with E-state index in [0.717, 1.165) is 34.1 Å². The minimum atomic E-state index is -3.45. The minimum Gasteiger partial charge on any atom is -0.207 e. The highest BCUT2D eigenvalue weighted by molar-refractivity contribution is 9.10. The smallest absolute Gasteiger partial charge is 0.207 e. The first-order valence-corrected chi connectivity index (χ1v) is 7.90. The maximum atomic E-state index is 12.3. The van der Waals surface area contributed by atoms with Crippen molar-refractivity contribution in [1.29, 1.82) is 0 Å². The van der Waals surface area contributed by atoms with Crippen LogP contribution in [0.5, 0.6) is 0 Å². The van der Waals surface area contributed by atoms with Crippen molar-refractivity contribution in [2.24, 2.45) is 0 Å². The summed E-state index contributed by atoms with van der Waals surface area (Å²) in [5.74, 6) is 0. The second-order valence-electron chi connectivity index (χ2n) is 4.30. The Labute approximate surface area is 114 Å². The van der Waals surface area contributed by atoms with Crippen LogP contribution in [0.2, 0.25) is 0 Å². The van der Waals surface area contributed by atoms with Crippen LogP contribution in [0.25, 0.3) is 10.8 Å². The van der Waals surface area contributed by atoms with Crippen LogP contribution in [0.1, 0.15) is 12.8 Å². The Hall–Kier alpha value is -0.910. The molecule has 0 saturated heterocycles. The predicted molar refractivity (Wildman–Crippen MR) is 74.4 cm³/mol. The van der Waals surface area contributed by atoms with Gasteiger partial charge in [-0.15, -0.1) is 0 Å². The number of rotatable bonds is 3. The third-order valence-corrected chi connectivity index (χ3v) is 5.08.